The van der Waals surface area contributed by atoms with E-state index >= 15 is 0 Å². The van der Waals surface area contributed by atoms with E-state index in [0.29, 0.717) is 6.04 Å². The summed E-state index contributed by atoms with van der Waals surface area (Å²) < 4.78 is 2.33. The van der Waals surface area contributed by atoms with Crippen LogP contribution in [0.1, 0.15) is 56.0 Å². The lowest BCUT2D eigenvalue weighted by molar-refractivity contribution is 0.283. The number of aryl methyl sites for hydroxylation is 1. The highest BCUT2D eigenvalue weighted by Crippen LogP contribution is 2.36. The molecule has 17 heavy (non-hydrogen) atoms. The normalized spacial score (nSPS) is 28.4. The van der Waals surface area contributed by atoms with Gasteiger partial charge in [0.05, 0.1) is 30.1 Å². The van der Waals surface area contributed by atoms with E-state index in [2.05, 4.69) is 15.6 Å². The second-order valence-corrected chi connectivity index (χ2v) is 5.34. The predicted molar refractivity (Wildman–Crippen MR) is 65.5 cm³/mol. The zero-order chi connectivity index (χ0) is 11.7. The molecule has 0 amide bonds. The van der Waals surface area contributed by atoms with E-state index in [0.717, 1.165) is 25.7 Å². The maximum absolute atomic E-state index is 9.28. The van der Waals surface area contributed by atoms with Gasteiger partial charge in [-0.3, -0.25) is 0 Å². The number of fused-ring (bicyclic) bond motifs is 1. The number of imidazole rings is 1. The highest BCUT2D eigenvalue weighted by molar-refractivity contribution is 5.18. The molecule has 90 valence electrons. The molecule has 1 heterocycles. The summed E-state index contributed by atoms with van der Waals surface area (Å²) in [6, 6.07) is 2.89. The maximum Gasteiger partial charge on any atom is 0.0954 e. The van der Waals surface area contributed by atoms with Gasteiger partial charge in [-0.15, -0.1) is 0 Å². The number of nitrogens with zero attached hydrogens (tertiary/aromatic N) is 3. The van der Waals surface area contributed by atoms with Crippen molar-refractivity contribution in [1.82, 2.24) is 9.55 Å². The van der Waals surface area contributed by atoms with Gasteiger partial charge in [0.2, 0.25) is 0 Å². The molecule has 1 saturated carbocycles. The second kappa shape index (κ2) is 4.52. The molecule has 2 atom stereocenters. The molecule has 3 heteroatoms. The van der Waals surface area contributed by atoms with Crippen LogP contribution in [0.2, 0.25) is 0 Å². The lowest BCUT2D eigenvalue weighted by Crippen LogP contribution is -2.24. The summed E-state index contributed by atoms with van der Waals surface area (Å²) >= 11 is 0. The summed E-state index contributed by atoms with van der Waals surface area (Å²) in [5, 5.41) is 9.28. The smallest absolute Gasteiger partial charge is 0.0954 e. The zero-order valence-electron chi connectivity index (χ0n) is 10.2. The Labute approximate surface area is 102 Å². The lowest BCUT2D eigenvalue weighted by Gasteiger charge is -2.30. The van der Waals surface area contributed by atoms with E-state index in [1.165, 1.54) is 37.1 Å². The monoisotopic (exact) mass is 229 g/mol. The minimum atomic E-state index is 0.198. The molecule has 2 unspecified atom stereocenters. The van der Waals surface area contributed by atoms with Crippen LogP contribution in [0.25, 0.3) is 0 Å². The van der Waals surface area contributed by atoms with Gasteiger partial charge in [-0.05, 0) is 38.5 Å². The Hall–Kier alpha value is -1.30. The Morgan fingerprint density at radius 1 is 1.18 bits per heavy atom. The standard InChI is InChI=1S/C14H19N3/c15-9-11-5-1-3-7-13(11)17-10-16-12-6-2-4-8-14(12)17/h10-11,13H,1-8H2. The van der Waals surface area contributed by atoms with Gasteiger partial charge in [0.1, 0.15) is 0 Å². The van der Waals surface area contributed by atoms with Crippen molar-refractivity contribution in [2.45, 2.75) is 57.4 Å². The molecule has 0 N–H and O–H groups in total. The fourth-order valence-corrected chi connectivity index (χ4v) is 3.37. The van der Waals surface area contributed by atoms with E-state index in [1.54, 1.807) is 0 Å². The minimum Gasteiger partial charge on any atom is -0.330 e. The van der Waals surface area contributed by atoms with Crippen LogP contribution in [0.4, 0.5) is 0 Å². The Bertz CT molecular complexity index is 441. The summed E-state index contributed by atoms with van der Waals surface area (Å²) in [6.45, 7) is 0. The Kier molecular flexibility index (Phi) is 2.88. The summed E-state index contributed by atoms with van der Waals surface area (Å²) in [4.78, 5) is 4.55. The number of hydrogen-bond donors (Lipinski definition) is 0. The van der Waals surface area contributed by atoms with Gasteiger partial charge < -0.3 is 4.57 Å². The van der Waals surface area contributed by atoms with Gasteiger partial charge in [0, 0.05) is 5.69 Å². The van der Waals surface area contributed by atoms with Crippen molar-refractivity contribution in [3.8, 4) is 6.07 Å². The van der Waals surface area contributed by atoms with Crippen LogP contribution in [-0.2, 0) is 12.8 Å². The molecule has 3 rings (SSSR count). The molecular weight excluding hydrogens is 210 g/mol. The second-order valence-electron chi connectivity index (χ2n) is 5.34. The first-order chi connectivity index (χ1) is 8.40. The number of nitriles is 1. The predicted octanol–water partition coefficient (Wildman–Crippen LogP) is 3.02. The first-order valence-electron chi connectivity index (χ1n) is 6.84. The SMILES string of the molecule is N#CC1CCCCC1n1cnc2c1CCCC2. The third-order valence-electron chi connectivity index (χ3n) is 4.31. The Balaban J connectivity index is 1.92. The van der Waals surface area contributed by atoms with Crippen molar-refractivity contribution in [1.29, 1.82) is 5.26 Å². The molecule has 0 saturated heterocycles. The highest BCUT2D eigenvalue weighted by Gasteiger charge is 2.29. The zero-order valence-corrected chi connectivity index (χ0v) is 10.2. The summed E-state index contributed by atoms with van der Waals surface area (Å²) in [7, 11) is 0. The van der Waals surface area contributed by atoms with Crippen molar-refractivity contribution in [3.63, 3.8) is 0 Å². The Morgan fingerprint density at radius 2 is 2.00 bits per heavy atom. The van der Waals surface area contributed by atoms with Gasteiger partial charge >= 0.3 is 0 Å². The van der Waals surface area contributed by atoms with E-state index in [1.807, 2.05) is 6.33 Å². The van der Waals surface area contributed by atoms with Gasteiger partial charge in [0.25, 0.3) is 0 Å². The van der Waals surface area contributed by atoms with Crippen LogP contribution in [0.15, 0.2) is 6.33 Å². The molecule has 1 fully saturated rings. The van der Waals surface area contributed by atoms with E-state index < -0.39 is 0 Å². The molecule has 0 aromatic carbocycles. The number of aromatic nitrogens is 2. The fraction of sp³-hybridized carbons (Fsp3) is 0.714. The van der Waals surface area contributed by atoms with Crippen molar-refractivity contribution >= 4 is 0 Å². The van der Waals surface area contributed by atoms with Crippen molar-refractivity contribution in [3.05, 3.63) is 17.7 Å². The number of rotatable bonds is 1. The quantitative estimate of drug-likeness (QED) is 0.742. The molecule has 1 aromatic heterocycles. The van der Waals surface area contributed by atoms with Crippen LogP contribution >= 0.6 is 0 Å². The van der Waals surface area contributed by atoms with Gasteiger partial charge in [-0.25, -0.2) is 4.98 Å². The van der Waals surface area contributed by atoms with Gasteiger partial charge in [-0.1, -0.05) is 12.8 Å². The summed E-state index contributed by atoms with van der Waals surface area (Å²) in [5.74, 6) is 0.198. The van der Waals surface area contributed by atoms with Gasteiger partial charge in [0.15, 0.2) is 0 Å². The summed E-state index contributed by atoms with van der Waals surface area (Å²) in [6.07, 6.45) is 11.5. The molecule has 0 aliphatic heterocycles. The minimum absolute atomic E-state index is 0.198. The van der Waals surface area contributed by atoms with Crippen molar-refractivity contribution in [2.75, 3.05) is 0 Å². The number of hydrogen-bond acceptors (Lipinski definition) is 2. The van der Waals surface area contributed by atoms with Gasteiger partial charge in [-0.2, -0.15) is 5.26 Å². The first kappa shape index (κ1) is 10.8. The average molecular weight is 229 g/mol. The molecule has 2 aliphatic rings. The average Bonchev–Trinajstić information content (AvgIpc) is 2.82. The largest absolute Gasteiger partial charge is 0.330 e. The van der Waals surface area contributed by atoms with E-state index in [9.17, 15) is 5.26 Å². The molecular formula is C14H19N3. The maximum atomic E-state index is 9.28. The highest BCUT2D eigenvalue weighted by atomic mass is 15.1. The molecule has 2 aliphatic carbocycles. The third-order valence-corrected chi connectivity index (χ3v) is 4.31. The molecule has 3 nitrogen and oxygen atoms in total. The molecule has 0 bridgehead atoms. The molecule has 0 spiro atoms. The third kappa shape index (κ3) is 1.86. The Morgan fingerprint density at radius 3 is 2.88 bits per heavy atom. The van der Waals surface area contributed by atoms with Crippen LogP contribution < -0.4 is 0 Å². The van der Waals surface area contributed by atoms with Crippen LogP contribution in [-0.4, -0.2) is 9.55 Å². The molecule has 0 radical (unpaired) electrons. The van der Waals surface area contributed by atoms with Crippen molar-refractivity contribution in [2.24, 2.45) is 5.92 Å². The lowest BCUT2D eigenvalue weighted by atomic mass is 9.85. The van der Waals surface area contributed by atoms with Crippen LogP contribution in [0.3, 0.4) is 0 Å². The van der Waals surface area contributed by atoms with E-state index in [-0.39, 0.29) is 5.92 Å². The van der Waals surface area contributed by atoms with Crippen LogP contribution in [0.5, 0.6) is 0 Å². The molecule has 1 aromatic rings. The van der Waals surface area contributed by atoms with Crippen LogP contribution in [0, 0.1) is 17.2 Å². The summed E-state index contributed by atoms with van der Waals surface area (Å²) in [5.41, 5.74) is 2.71. The first-order valence-corrected chi connectivity index (χ1v) is 6.84. The topological polar surface area (TPSA) is 41.6 Å². The van der Waals surface area contributed by atoms with E-state index in [4.69, 9.17) is 0 Å². The van der Waals surface area contributed by atoms with Crippen molar-refractivity contribution < 1.29 is 0 Å². The fourth-order valence-electron chi connectivity index (χ4n) is 3.37.